The summed E-state index contributed by atoms with van der Waals surface area (Å²) in [6, 6.07) is 10.9. The summed E-state index contributed by atoms with van der Waals surface area (Å²) in [6.07, 6.45) is 2.12. The molecule has 0 unspecified atom stereocenters. The van der Waals surface area contributed by atoms with E-state index in [1.165, 1.54) is 33.4 Å². The van der Waals surface area contributed by atoms with Gasteiger partial charge in [-0.25, -0.2) is 0 Å². The number of hydrogen-bond acceptors (Lipinski definition) is 0. The van der Waals surface area contributed by atoms with Crippen molar-refractivity contribution in [2.45, 2.75) is 12.8 Å². The molecule has 1 heteroatoms. The molecular formula is C14H9Cl. The molecule has 0 saturated heterocycles. The highest BCUT2D eigenvalue weighted by Crippen LogP contribution is 2.47. The molecule has 0 saturated carbocycles. The largest absolute Gasteiger partial charge is 0.0843 e. The van der Waals surface area contributed by atoms with Crippen LogP contribution in [0.3, 0.4) is 0 Å². The number of benzene rings is 2. The van der Waals surface area contributed by atoms with Crippen molar-refractivity contribution in [1.29, 1.82) is 0 Å². The van der Waals surface area contributed by atoms with Crippen LogP contribution in [0.2, 0.25) is 5.02 Å². The summed E-state index contributed by atoms with van der Waals surface area (Å²) in [5.41, 5.74) is 8.76. The fourth-order valence-corrected chi connectivity index (χ4v) is 3.27. The van der Waals surface area contributed by atoms with Gasteiger partial charge in [-0.1, -0.05) is 29.8 Å². The van der Waals surface area contributed by atoms with Crippen LogP contribution in [0.4, 0.5) is 0 Å². The monoisotopic (exact) mass is 214 g/mol. The molecule has 0 N–H and O–H groups in total. The average molecular weight is 215 g/mol. The van der Waals surface area contributed by atoms with E-state index in [1.807, 2.05) is 0 Å². The van der Waals surface area contributed by atoms with Crippen molar-refractivity contribution in [2.24, 2.45) is 0 Å². The minimum atomic E-state index is 0.884. The zero-order chi connectivity index (χ0) is 9.99. The molecule has 0 nitrogen and oxygen atoms in total. The Morgan fingerprint density at radius 1 is 0.800 bits per heavy atom. The van der Waals surface area contributed by atoms with Crippen molar-refractivity contribution < 1.29 is 0 Å². The first-order chi connectivity index (χ1) is 7.33. The maximum absolute atomic E-state index is 6.13. The molecule has 2 aromatic rings. The van der Waals surface area contributed by atoms with Gasteiger partial charge in [0.05, 0.1) is 0 Å². The molecule has 15 heavy (non-hydrogen) atoms. The van der Waals surface area contributed by atoms with Gasteiger partial charge in [0.25, 0.3) is 0 Å². The molecule has 0 atom stereocenters. The van der Waals surface area contributed by atoms with E-state index in [1.54, 1.807) is 0 Å². The third kappa shape index (κ3) is 0.883. The van der Waals surface area contributed by atoms with Gasteiger partial charge in [-0.2, -0.15) is 0 Å². The van der Waals surface area contributed by atoms with Crippen LogP contribution >= 0.6 is 11.6 Å². The molecule has 72 valence electrons. The Morgan fingerprint density at radius 3 is 1.93 bits per heavy atom. The molecule has 0 amide bonds. The summed E-state index contributed by atoms with van der Waals surface area (Å²) in [5, 5.41) is 0.884. The topological polar surface area (TPSA) is 0 Å². The van der Waals surface area contributed by atoms with Crippen LogP contribution in [-0.2, 0) is 12.8 Å². The van der Waals surface area contributed by atoms with E-state index in [0.29, 0.717) is 0 Å². The molecular weight excluding hydrogens is 206 g/mol. The molecule has 0 radical (unpaired) electrons. The van der Waals surface area contributed by atoms with Crippen LogP contribution in [0, 0.1) is 0 Å². The van der Waals surface area contributed by atoms with Crippen molar-refractivity contribution in [3.8, 4) is 11.1 Å². The van der Waals surface area contributed by atoms with Crippen LogP contribution in [0.1, 0.15) is 22.3 Å². The highest BCUT2D eigenvalue weighted by Gasteiger charge is 2.29. The lowest BCUT2D eigenvalue weighted by atomic mass is 10.1. The smallest absolute Gasteiger partial charge is 0.0412 e. The molecule has 2 aliphatic carbocycles. The zero-order valence-corrected chi connectivity index (χ0v) is 8.93. The van der Waals surface area contributed by atoms with Crippen molar-refractivity contribution >= 4 is 11.6 Å². The van der Waals surface area contributed by atoms with Gasteiger partial charge in [0.2, 0.25) is 0 Å². The third-order valence-corrected chi connectivity index (χ3v) is 3.73. The Morgan fingerprint density at radius 2 is 1.33 bits per heavy atom. The summed E-state index contributed by atoms with van der Waals surface area (Å²) in [6.45, 7) is 0. The molecule has 4 rings (SSSR count). The van der Waals surface area contributed by atoms with Gasteiger partial charge in [0.15, 0.2) is 0 Å². The van der Waals surface area contributed by atoms with Crippen LogP contribution < -0.4 is 0 Å². The van der Waals surface area contributed by atoms with Crippen molar-refractivity contribution in [3.05, 3.63) is 57.6 Å². The Bertz CT molecular complexity index is 551. The Balaban J connectivity index is 2.17. The lowest BCUT2D eigenvalue weighted by molar-refractivity contribution is 1.19. The summed E-state index contributed by atoms with van der Waals surface area (Å²) < 4.78 is 0. The standard InChI is InChI=1S/C14H9Cl/c15-12-6-10-4-8-2-1-3-9-5-11(7-12)14(10)13(8)9/h1-3,6-7H,4-5H2/i13+1,14+1. The second-order valence-electron chi connectivity index (χ2n) is 4.40. The highest BCUT2D eigenvalue weighted by molar-refractivity contribution is 6.31. The first kappa shape index (κ1) is 7.95. The second-order valence-corrected chi connectivity index (χ2v) is 4.84. The maximum Gasteiger partial charge on any atom is 0.0412 e. The molecule has 2 aliphatic rings. The molecule has 0 aliphatic heterocycles. The minimum absolute atomic E-state index is 0.884. The second kappa shape index (κ2) is 2.45. The molecule has 2 aromatic carbocycles. The molecule has 0 bridgehead atoms. The van der Waals surface area contributed by atoms with Gasteiger partial charge in [0.1, 0.15) is 0 Å². The van der Waals surface area contributed by atoms with Crippen molar-refractivity contribution in [3.63, 3.8) is 0 Å². The van der Waals surface area contributed by atoms with Gasteiger partial charge >= 0.3 is 0 Å². The lowest BCUT2D eigenvalue weighted by Gasteiger charge is -2.03. The van der Waals surface area contributed by atoms with E-state index in [0.717, 1.165) is 17.9 Å². The maximum atomic E-state index is 6.13. The molecule has 0 spiro atoms. The van der Waals surface area contributed by atoms with Crippen LogP contribution in [0.15, 0.2) is 30.3 Å². The van der Waals surface area contributed by atoms with Gasteiger partial charge in [-0.05, 0) is 58.4 Å². The van der Waals surface area contributed by atoms with Crippen molar-refractivity contribution in [1.82, 2.24) is 0 Å². The normalized spacial score (nSPS) is 14.5. The molecule has 0 fully saturated rings. The first-order valence-electron chi connectivity index (χ1n) is 5.25. The number of hydrogen-bond donors (Lipinski definition) is 0. The van der Waals surface area contributed by atoms with Crippen LogP contribution in [0.5, 0.6) is 0 Å². The van der Waals surface area contributed by atoms with Gasteiger partial charge in [-0.15, -0.1) is 0 Å². The van der Waals surface area contributed by atoms with E-state index >= 15 is 0 Å². The fraction of sp³-hybridized carbons (Fsp3) is 0.143. The van der Waals surface area contributed by atoms with E-state index in [9.17, 15) is 0 Å². The Labute approximate surface area is 93.5 Å². The minimum Gasteiger partial charge on any atom is -0.0843 e. The SMILES string of the molecule is Clc1cc2[13c]3c(c1)Cc1cccc([13c]1-3)C2. The van der Waals surface area contributed by atoms with E-state index in [2.05, 4.69) is 30.3 Å². The number of rotatable bonds is 0. The number of halogens is 1. The fourth-order valence-electron chi connectivity index (χ4n) is 3.00. The molecule has 0 heterocycles. The Kier molecular flexibility index (Phi) is 1.30. The summed E-state index contributed by atoms with van der Waals surface area (Å²) in [7, 11) is 0. The van der Waals surface area contributed by atoms with E-state index in [4.69, 9.17) is 11.6 Å². The highest BCUT2D eigenvalue weighted by atomic mass is 35.5. The van der Waals surface area contributed by atoms with Gasteiger partial charge in [0, 0.05) is 5.02 Å². The van der Waals surface area contributed by atoms with Crippen molar-refractivity contribution in [2.75, 3.05) is 0 Å². The zero-order valence-electron chi connectivity index (χ0n) is 8.18. The predicted octanol–water partition coefficient (Wildman–Crippen LogP) is 3.82. The predicted molar refractivity (Wildman–Crippen MR) is 62.5 cm³/mol. The third-order valence-electron chi connectivity index (χ3n) is 3.52. The van der Waals surface area contributed by atoms with Gasteiger partial charge < -0.3 is 0 Å². The first-order valence-corrected chi connectivity index (χ1v) is 5.63. The van der Waals surface area contributed by atoms with Gasteiger partial charge in [-0.3, -0.25) is 0 Å². The molecule has 0 aromatic heterocycles. The van der Waals surface area contributed by atoms with E-state index < -0.39 is 0 Å². The lowest BCUT2D eigenvalue weighted by Crippen LogP contribution is -1.88. The average Bonchev–Trinajstić information content (AvgIpc) is 2.72. The van der Waals surface area contributed by atoms with Crippen LogP contribution in [0.25, 0.3) is 11.1 Å². The Hall–Kier alpha value is -1.27. The summed E-state index contributed by atoms with van der Waals surface area (Å²) in [4.78, 5) is 0. The quantitative estimate of drug-likeness (QED) is 0.418. The van der Waals surface area contributed by atoms with E-state index in [-0.39, 0.29) is 0 Å². The van der Waals surface area contributed by atoms with Crippen LogP contribution in [-0.4, -0.2) is 0 Å². The summed E-state index contributed by atoms with van der Waals surface area (Å²) in [5.74, 6) is 0. The summed E-state index contributed by atoms with van der Waals surface area (Å²) >= 11 is 6.13.